The van der Waals surface area contributed by atoms with E-state index in [9.17, 15) is 4.79 Å². The van der Waals surface area contributed by atoms with Gasteiger partial charge in [-0.15, -0.1) is 6.58 Å². The molecule has 0 atom stereocenters. The second-order valence-corrected chi connectivity index (χ2v) is 3.24. The first-order valence-electron chi connectivity index (χ1n) is 4.91. The van der Waals surface area contributed by atoms with Gasteiger partial charge in [0, 0.05) is 13.1 Å². The maximum absolute atomic E-state index is 11.9. The van der Waals surface area contributed by atoms with E-state index in [-0.39, 0.29) is 19.1 Å². The molecule has 86 valence electrons. The van der Waals surface area contributed by atoms with E-state index in [2.05, 4.69) is 11.6 Å². The van der Waals surface area contributed by atoms with Crippen molar-refractivity contribution in [2.45, 2.75) is 0 Å². The van der Waals surface area contributed by atoms with Crippen molar-refractivity contribution in [3.63, 3.8) is 0 Å². The van der Waals surface area contributed by atoms with Gasteiger partial charge in [0.25, 0.3) is 5.91 Å². The van der Waals surface area contributed by atoms with Gasteiger partial charge in [0.2, 0.25) is 0 Å². The van der Waals surface area contributed by atoms with Gasteiger partial charge >= 0.3 is 0 Å². The van der Waals surface area contributed by atoms with E-state index in [4.69, 9.17) is 10.8 Å². The molecule has 1 rings (SSSR count). The summed E-state index contributed by atoms with van der Waals surface area (Å²) in [5.41, 5.74) is 6.29. The van der Waals surface area contributed by atoms with Crippen LogP contribution in [0.25, 0.3) is 0 Å². The number of anilines is 1. The molecule has 0 aromatic carbocycles. The molecule has 0 aliphatic carbocycles. The number of nitrogens with zero attached hydrogens (tertiary/aromatic N) is 2. The summed E-state index contributed by atoms with van der Waals surface area (Å²) in [5, 5.41) is 8.83. The van der Waals surface area contributed by atoms with Gasteiger partial charge in [-0.05, 0) is 12.1 Å². The normalized spacial score (nSPS) is 9.81. The number of aromatic nitrogens is 1. The zero-order valence-electron chi connectivity index (χ0n) is 8.97. The maximum atomic E-state index is 11.9. The Bertz CT molecular complexity index is 362. The highest BCUT2D eigenvalue weighted by molar-refractivity contribution is 5.92. The van der Waals surface area contributed by atoms with Gasteiger partial charge in [-0.25, -0.2) is 4.98 Å². The number of rotatable bonds is 5. The predicted octanol–water partition coefficient (Wildman–Crippen LogP) is 0.284. The Balaban J connectivity index is 2.80. The predicted molar refractivity (Wildman–Crippen MR) is 61.8 cm³/mol. The van der Waals surface area contributed by atoms with E-state index < -0.39 is 0 Å². The highest BCUT2D eigenvalue weighted by atomic mass is 16.3. The lowest BCUT2D eigenvalue weighted by Gasteiger charge is -2.19. The van der Waals surface area contributed by atoms with Crippen LogP contribution in [-0.4, -0.2) is 40.6 Å². The second-order valence-electron chi connectivity index (χ2n) is 3.24. The van der Waals surface area contributed by atoms with Crippen LogP contribution < -0.4 is 5.73 Å². The van der Waals surface area contributed by atoms with Crippen molar-refractivity contribution in [1.82, 2.24) is 9.88 Å². The zero-order valence-corrected chi connectivity index (χ0v) is 8.97. The van der Waals surface area contributed by atoms with Crippen molar-refractivity contribution in [3.05, 3.63) is 36.7 Å². The van der Waals surface area contributed by atoms with Gasteiger partial charge in [-0.3, -0.25) is 4.79 Å². The van der Waals surface area contributed by atoms with Crippen LogP contribution in [0.15, 0.2) is 31.0 Å². The lowest BCUT2D eigenvalue weighted by molar-refractivity contribution is 0.0737. The number of nitrogen functional groups attached to an aromatic ring is 1. The number of aliphatic hydroxyl groups is 1. The quantitative estimate of drug-likeness (QED) is 0.700. The number of carbonyl (C=O) groups excluding carboxylic acids is 1. The van der Waals surface area contributed by atoms with Crippen LogP contribution >= 0.6 is 0 Å². The van der Waals surface area contributed by atoms with Crippen molar-refractivity contribution in [3.8, 4) is 0 Å². The van der Waals surface area contributed by atoms with E-state index in [0.29, 0.717) is 17.9 Å². The molecule has 0 saturated heterocycles. The molecule has 1 aromatic heterocycles. The van der Waals surface area contributed by atoms with Gasteiger partial charge in [-0.1, -0.05) is 6.08 Å². The third-order valence-electron chi connectivity index (χ3n) is 2.01. The number of hydrogen-bond acceptors (Lipinski definition) is 4. The molecule has 5 nitrogen and oxygen atoms in total. The molecule has 0 saturated carbocycles. The summed E-state index contributed by atoms with van der Waals surface area (Å²) in [6, 6.07) is 3.18. The van der Waals surface area contributed by atoms with Gasteiger partial charge in [0.05, 0.1) is 18.5 Å². The van der Waals surface area contributed by atoms with E-state index in [1.165, 1.54) is 11.1 Å². The van der Waals surface area contributed by atoms with Crippen LogP contribution in [0.1, 0.15) is 10.5 Å². The van der Waals surface area contributed by atoms with Crippen molar-refractivity contribution in [1.29, 1.82) is 0 Å². The number of amides is 1. The fourth-order valence-corrected chi connectivity index (χ4v) is 1.25. The van der Waals surface area contributed by atoms with Gasteiger partial charge in [0.15, 0.2) is 0 Å². The van der Waals surface area contributed by atoms with Crippen LogP contribution in [0, 0.1) is 0 Å². The molecule has 1 heterocycles. The number of hydrogen-bond donors (Lipinski definition) is 2. The molecule has 1 amide bonds. The number of pyridine rings is 1. The Morgan fingerprint density at radius 3 is 2.88 bits per heavy atom. The topological polar surface area (TPSA) is 79.5 Å². The zero-order chi connectivity index (χ0) is 12.0. The molecule has 0 radical (unpaired) electrons. The van der Waals surface area contributed by atoms with Crippen molar-refractivity contribution >= 4 is 11.6 Å². The van der Waals surface area contributed by atoms with E-state index in [1.54, 1.807) is 18.2 Å². The minimum absolute atomic E-state index is 0.0887. The van der Waals surface area contributed by atoms with Crippen molar-refractivity contribution in [2.75, 3.05) is 25.4 Å². The minimum Gasteiger partial charge on any atom is -0.397 e. The van der Waals surface area contributed by atoms with Crippen LogP contribution in [-0.2, 0) is 0 Å². The summed E-state index contributed by atoms with van der Waals surface area (Å²) >= 11 is 0. The largest absolute Gasteiger partial charge is 0.397 e. The monoisotopic (exact) mass is 221 g/mol. The molecule has 1 aromatic rings. The Hall–Kier alpha value is -1.88. The summed E-state index contributed by atoms with van der Waals surface area (Å²) < 4.78 is 0. The van der Waals surface area contributed by atoms with Crippen LogP contribution in [0.2, 0.25) is 0 Å². The third-order valence-corrected chi connectivity index (χ3v) is 2.01. The molecular formula is C11H15N3O2. The highest BCUT2D eigenvalue weighted by Gasteiger charge is 2.14. The molecule has 0 bridgehead atoms. The summed E-state index contributed by atoms with van der Waals surface area (Å²) in [4.78, 5) is 17.3. The number of carbonyl (C=O) groups is 1. The third kappa shape index (κ3) is 3.06. The SMILES string of the molecule is C=CCN(CCO)C(=O)c1ccc(N)cn1. The standard InChI is InChI=1S/C11H15N3O2/c1-2-5-14(6-7-15)11(16)10-4-3-9(12)8-13-10/h2-4,8,15H,1,5-7,12H2. The van der Waals surface area contributed by atoms with Crippen LogP contribution in [0.3, 0.4) is 0 Å². The molecule has 0 aliphatic rings. The average Bonchev–Trinajstić information content (AvgIpc) is 2.29. The summed E-state index contributed by atoms with van der Waals surface area (Å²) in [5.74, 6) is -0.242. The fourth-order valence-electron chi connectivity index (χ4n) is 1.25. The van der Waals surface area contributed by atoms with Crippen LogP contribution in [0.5, 0.6) is 0 Å². The van der Waals surface area contributed by atoms with E-state index in [1.807, 2.05) is 0 Å². The summed E-state index contributed by atoms with van der Waals surface area (Å²) in [7, 11) is 0. The summed E-state index contributed by atoms with van der Waals surface area (Å²) in [6.07, 6.45) is 3.03. The number of aliphatic hydroxyl groups excluding tert-OH is 1. The molecule has 0 spiro atoms. The first-order valence-corrected chi connectivity index (χ1v) is 4.91. The van der Waals surface area contributed by atoms with E-state index >= 15 is 0 Å². The van der Waals surface area contributed by atoms with Gasteiger partial charge in [-0.2, -0.15) is 0 Å². The van der Waals surface area contributed by atoms with Crippen molar-refractivity contribution in [2.24, 2.45) is 0 Å². The smallest absolute Gasteiger partial charge is 0.272 e. The first kappa shape index (κ1) is 12.2. The van der Waals surface area contributed by atoms with E-state index in [0.717, 1.165) is 0 Å². The minimum atomic E-state index is -0.242. The Kier molecular flexibility index (Phi) is 4.47. The average molecular weight is 221 g/mol. The molecule has 0 aliphatic heterocycles. The molecule has 16 heavy (non-hydrogen) atoms. The van der Waals surface area contributed by atoms with Gasteiger partial charge in [0.1, 0.15) is 5.69 Å². The maximum Gasteiger partial charge on any atom is 0.272 e. The Morgan fingerprint density at radius 1 is 1.62 bits per heavy atom. The lowest BCUT2D eigenvalue weighted by Crippen LogP contribution is -2.34. The number of nitrogens with two attached hydrogens (primary N) is 1. The molecule has 5 heteroatoms. The molecule has 3 N–H and O–H groups in total. The highest BCUT2D eigenvalue weighted by Crippen LogP contribution is 2.05. The van der Waals surface area contributed by atoms with Crippen LogP contribution in [0.4, 0.5) is 5.69 Å². The first-order chi connectivity index (χ1) is 7.69. The second kappa shape index (κ2) is 5.87. The Labute approximate surface area is 94.2 Å². The molecule has 0 fully saturated rings. The summed E-state index contributed by atoms with van der Waals surface area (Å²) in [6.45, 7) is 4.11. The molecular weight excluding hydrogens is 206 g/mol. The van der Waals surface area contributed by atoms with Gasteiger partial charge < -0.3 is 15.7 Å². The Morgan fingerprint density at radius 2 is 2.38 bits per heavy atom. The molecule has 0 unspecified atom stereocenters. The van der Waals surface area contributed by atoms with Crippen molar-refractivity contribution < 1.29 is 9.90 Å². The fraction of sp³-hybridized carbons (Fsp3) is 0.273. The lowest BCUT2D eigenvalue weighted by atomic mass is 10.3.